The fourth-order valence-corrected chi connectivity index (χ4v) is 5.65. The highest BCUT2D eigenvalue weighted by Crippen LogP contribution is 2.38. The summed E-state index contributed by atoms with van der Waals surface area (Å²) < 4.78 is 33.1. The fourth-order valence-electron chi connectivity index (χ4n) is 3.80. The van der Waals surface area contributed by atoms with Crippen LogP contribution in [-0.2, 0) is 15.6 Å². The summed E-state index contributed by atoms with van der Waals surface area (Å²) >= 11 is 0. The molecule has 1 aliphatic heterocycles. The number of hydrogen-bond acceptors (Lipinski definition) is 7. The first kappa shape index (κ1) is 20.2. The van der Waals surface area contributed by atoms with E-state index in [2.05, 4.69) is 20.3 Å². The maximum atomic E-state index is 13.1. The summed E-state index contributed by atoms with van der Waals surface area (Å²) in [5.74, 6) is 0.911. The van der Waals surface area contributed by atoms with Gasteiger partial charge in [0.1, 0.15) is 4.90 Å². The molecular weight excluding hydrogens is 392 g/mol. The molecule has 3 N–H and O–H groups in total. The third kappa shape index (κ3) is 3.39. The molecule has 1 saturated heterocycles. The molecule has 0 bridgehead atoms. The number of nitrogens with one attached hydrogen (secondary N) is 1. The van der Waals surface area contributed by atoms with Gasteiger partial charge in [0.15, 0.2) is 5.82 Å². The number of nitrogens with two attached hydrogens (primary N) is 1. The van der Waals surface area contributed by atoms with E-state index in [1.165, 1.54) is 4.31 Å². The molecule has 2 aliphatic rings. The third-order valence-electron chi connectivity index (χ3n) is 5.52. The molecule has 4 rings (SSSR count). The van der Waals surface area contributed by atoms with E-state index in [4.69, 9.17) is 10.3 Å². The van der Waals surface area contributed by atoms with Crippen LogP contribution in [0.25, 0.3) is 0 Å². The van der Waals surface area contributed by atoms with Crippen LogP contribution in [0, 0.1) is 13.8 Å². The number of sulfonamides is 1. The average Bonchev–Trinajstić information content (AvgIpc) is 3.20. The number of H-pyrrole nitrogens is 1. The van der Waals surface area contributed by atoms with E-state index in [0.29, 0.717) is 36.2 Å². The second-order valence-electron chi connectivity index (χ2n) is 7.43. The number of halogens is 1. The summed E-state index contributed by atoms with van der Waals surface area (Å²) in [5, 5.41) is 10.8. The highest BCUT2D eigenvalue weighted by atomic mass is 35.5. The minimum atomic E-state index is -3.61. The first-order chi connectivity index (χ1) is 12.3. The van der Waals surface area contributed by atoms with Crippen LogP contribution < -0.4 is 5.73 Å². The lowest BCUT2D eigenvalue weighted by Crippen LogP contribution is -2.44. The molecule has 2 aromatic heterocycles. The number of aromatic amines is 1. The van der Waals surface area contributed by atoms with E-state index in [0.717, 1.165) is 32.1 Å². The van der Waals surface area contributed by atoms with E-state index in [1.54, 1.807) is 13.8 Å². The first-order valence-corrected chi connectivity index (χ1v) is 10.4. The fraction of sp³-hybridized carbons (Fsp3) is 0.688. The molecular formula is C16H25ClN6O3S. The van der Waals surface area contributed by atoms with Gasteiger partial charge < -0.3 is 10.3 Å². The van der Waals surface area contributed by atoms with Crippen LogP contribution in [0.4, 0.5) is 0 Å². The van der Waals surface area contributed by atoms with Gasteiger partial charge in [0.25, 0.3) is 0 Å². The minimum Gasteiger partial charge on any atom is -0.339 e. The number of nitrogens with zero attached hydrogens (tertiary/aromatic N) is 4. The summed E-state index contributed by atoms with van der Waals surface area (Å²) in [4.78, 5) is 4.76. The smallest absolute Gasteiger partial charge is 0.246 e. The molecule has 0 spiro atoms. The predicted molar refractivity (Wildman–Crippen MR) is 100 cm³/mol. The van der Waals surface area contributed by atoms with Crippen molar-refractivity contribution in [3.8, 4) is 0 Å². The summed E-state index contributed by atoms with van der Waals surface area (Å²) in [5.41, 5.74) is 6.82. The summed E-state index contributed by atoms with van der Waals surface area (Å²) in [7, 11) is -3.61. The number of aryl methyl sites for hydroxylation is 2. The second-order valence-corrected chi connectivity index (χ2v) is 9.31. The number of aromatic nitrogens is 4. The average molecular weight is 417 g/mol. The predicted octanol–water partition coefficient (Wildman–Crippen LogP) is 1.74. The Bertz CT molecular complexity index is 901. The van der Waals surface area contributed by atoms with E-state index >= 15 is 0 Å². The van der Waals surface area contributed by atoms with Gasteiger partial charge in [0.2, 0.25) is 15.9 Å². The number of rotatable bonds is 4. The minimum absolute atomic E-state index is 0. The van der Waals surface area contributed by atoms with Gasteiger partial charge in [-0.25, -0.2) is 8.42 Å². The zero-order valence-electron chi connectivity index (χ0n) is 15.4. The third-order valence-corrected chi connectivity index (χ3v) is 7.65. The number of piperidine rings is 1. The van der Waals surface area contributed by atoms with Crippen molar-refractivity contribution in [3.05, 3.63) is 23.1 Å². The van der Waals surface area contributed by atoms with Crippen molar-refractivity contribution in [3.63, 3.8) is 0 Å². The molecule has 1 atom stereocenters. The topological polar surface area (TPSA) is 131 Å². The van der Waals surface area contributed by atoms with Gasteiger partial charge in [-0.2, -0.15) is 14.4 Å². The lowest BCUT2D eigenvalue weighted by molar-refractivity contribution is 0.226. The van der Waals surface area contributed by atoms with E-state index in [1.807, 2.05) is 0 Å². The summed E-state index contributed by atoms with van der Waals surface area (Å²) in [6.07, 6.45) is 4.34. The molecule has 150 valence electrons. The molecule has 0 radical (unpaired) electrons. The van der Waals surface area contributed by atoms with Gasteiger partial charge >= 0.3 is 0 Å². The molecule has 1 aliphatic carbocycles. The molecule has 0 amide bonds. The monoisotopic (exact) mass is 416 g/mol. The Hall–Kier alpha value is -1.49. The summed E-state index contributed by atoms with van der Waals surface area (Å²) in [6.45, 7) is 4.22. The van der Waals surface area contributed by atoms with Crippen molar-refractivity contribution in [2.45, 2.75) is 62.3 Å². The molecule has 3 heterocycles. The zero-order valence-corrected chi connectivity index (χ0v) is 17.1. The Balaban J connectivity index is 0.00000210. The Kier molecular flexibility index (Phi) is 5.37. The van der Waals surface area contributed by atoms with Crippen molar-refractivity contribution < 1.29 is 12.9 Å². The Labute approximate surface area is 164 Å². The molecule has 11 heteroatoms. The molecule has 9 nitrogen and oxygen atoms in total. The standard InChI is InChI=1S/C16H24N6O3S.ClH/c1-10-13(11(2)20-19-10)26(23,24)22-8-3-5-12(9-22)14-18-15(21-25-14)16(17)6-4-7-16;/h12H,3-9,17H2,1-2H3,(H,19,20);1H. The van der Waals surface area contributed by atoms with Gasteiger partial charge in [-0.1, -0.05) is 5.16 Å². The van der Waals surface area contributed by atoms with Crippen molar-refractivity contribution in [1.82, 2.24) is 24.6 Å². The SMILES string of the molecule is Cc1n[nH]c(C)c1S(=O)(=O)N1CCCC(c2nc(C3(N)CCC3)no2)C1.Cl. The highest BCUT2D eigenvalue weighted by molar-refractivity contribution is 7.89. The van der Waals surface area contributed by atoms with Gasteiger partial charge in [-0.15, -0.1) is 12.4 Å². The Morgan fingerprint density at radius 2 is 2.04 bits per heavy atom. The van der Waals surface area contributed by atoms with Crippen molar-refractivity contribution in [1.29, 1.82) is 0 Å². The van der Waals surface area contributed by atoms with Crippen molar-refractivity contribution in [2.24, 2.45) is 5.73 Å². The second kappa shape index (κ2) is 7.16. The lowest BCUT2D eigenvalue weighted by atomic mass is 9.77. The van der Waals surface area contributed by atoms with Gasteiger partial charge in [0.05, 0.1) is 22.8 Å². The van der Waals surface area contributed by atoms with Crippen molar-refractivity contribution >= 4 is 22.4 Å². The number of hydrogen-bond donors (Lipinski definition) is 2. The molecule has 2 aromatic rings. The molecule has 2 fully saturated rings. The van der Waals surface area contributed by atoms with Crippen LogP contribution in [0.15, 0.2) is 9.42 Å². The van der Waals surface area contributed by atoms with Crippen LogP contribution in [-0.4, -0.2) is 46.2 Å². The highest BCUT2D eigenvalue weighted by Gasteiger charge is 2.41. The van der Waals surface area contributed by atoms with Gasteiger partial charge in [0, 0.05) is 13.1 Å². The molecule has 1 unspecified atom stereocenters. The zero-order chi connectivity index (χ0) is 18.5. The summed E-state index contributed by atoms with van der Waals surface area (Å²) in [6, 6.07) is 0. The molecule has 0 aromatic carbocycles. The Morgan fingerprint density at radius 1 is 1.30 bits per heavy atom. The largest absolute Gasteiger partial charge is 0.339 e. The van der Waals surface area contributed by atoms with Crippen molar-refractivity contribution in [2.75, 3.05) is 13.1 Å². The van der Waals surface area contributed by atoms with Crippen LogP contribution >= 0.6 is 12.4 Å². The van der Waals surface area contributed by atoms with E-state index in [9.17, 15) is 8.42 Å². The van der Waals surface area contributed by atoms with Crippen LogP contribution in [0.1, 0.15) is 61.1 Å². The van der Waals surface area contributed by atoms with Gasteiger partial charge in [-0.3, -0.25) is 5.10 Å². The van der Waals surface area contributed by atoms with E-state index in [-0.39, 0.29) is 23.2 Å². The Morgan fingerprint density at radius 3 is 2.63 bits per heavy atom. The maximum Gasteiger partial charge on any atom is 0.246 e. The molecule has 1 saturated carbocycles. The quantitative estimate of drug-likeness (QED) is 0.775. The van der Waals surface area contributed by atoms with Crippen LogP contribution in [0.3, 0.4) is 0 Å². The van der Waals surface area contributed by atoms with Crippen LogP contribution in [0.2, 0.25) is 0 Å². The van der Waals surface area contributed by atoms with E-state index < -0.39 is 15.6 Å². The van der Waals surface area contributed by atoms with Gasteiger partial charge in [-0.05, 0) is 46.0 Å². The lowest BCUT2D eigenvalue weighted by Gasteiger charge is -2.34. The molecule has 27 heavy (non-hydrogen) atoms. The maximum absolute atomic E-state index is 13.1. The normalized spacial score (nSPS) is 22.9. The first-order valence-electron chi connectivity index (χ1n) is 8.96. The van der Waals surface area contributed by atoms with Crippen LogP contribution in [0.5, 0.6) is 0 Å².